The number of nitrogens with zero attached hydrogens (tertiary/aromatic N) is 2. The molecule has 5 heteroatoms. The van der Waals surface area contributed by atoms with Crippen LogP contribution in [-0.4, -0.2) is 15.1 Å². The van der Waals surface area contributed by atoms with E-state index in [9.17, 15) is 5.11 Å². The molecular weight excluding hydrogens is 868 g/mol. The molecule has 0 radical (unpaired) electrons. The Hall–Kier alpha value is -5.57. The van der Waals surface area contributed by atoms with Crippen LogP contribution in [-0.2, 0) is 31.9 Å². The molecule has 0 saturated carbocycles. The van der Waals surface area contributed by atoms with Crippen LogP contribution in [0.2, 0.25) is 0 Å². The standard InChI is InChI=1S/C51H45N2O2.Pt/c1-33(34-17-10-7-11-18-34)37-30-43(48(54)44(31-37)50(2,3)4)49-53-47-42(23-16-24-46(47)55-49)38-27-39(29-41(28-38)51(5,6)40-21-14-9-15-22-40)45-32-36(25-26-52-45)35-19-12-8-13-20-35;/h7-26,28-33,54H,1-6H3;/q-1;. The van der Waals surface area contributed by atoms with E-state index >= 15 is 0 Å². The van der Waals surface area contributed by atoms with Crippen molar-refractivity contribution in [2.75, 3.05) is 0 Å². The number of benzene rings is 6. The Morgan fingerprint density at radius 3 is 1.98 bits per heavy atom. The maximum absolute atomic E-state index is 11.9. The number of phenols is 1. The largest absolute Gasteiger partial charge is 0.507 e. The Labute approximate surface area is 344 Å². The van der Waals surface area contributed by atoms with Gasteiger partial charge in [-0.05, 0) is 51.4 Å². The first-order chi connectivity index (χ1) is 26.5. The van der Waals surface area contributed by atoms with E-state index in [1.54, 1.807) is 0 Å². The van der Waals surface area contributed by atoms with Gasteiger partial charge >= 0.3 is 0 Å². The molecule has 4 nitrogen and oxygen atoms in total. The fourth-order valence-electron chi connectivity index (χ4n) is 7.48. The molecule has 0 fully saturated rings. The summed E-state index contributed by atoms with van der Waals surface area (Å²) in [7, 11) is 0. The molecule has 8 rings (SSSR count). The summed E-state index contributed by atoms with van der Waals surface area (Å²) >= 11 is 0. The monoisotopic (exact) mass is 912 g/mol. The second-order valence-electron chi connectivity index (χ2n) is 16.0. The predicted molar refractivity (Wildman–Crippen MR) is 225 cm³/mol. The Morgan fingerprint density at radius 1 is 0.625 bits per heavy atom. The van der Waals surface area contributed by atoms with E-state index in [0.29, 0.717) is 22.6 Å². The van der Waals surface area contributed by atoms with Crippen LogP contribution in [0.5, 0.6) is 5.75 Å². The second kappa shape index (κ2) is 15.5. The summed E-state index contributed by atoms with van der Waals surface area (Å²) < 4.78 is 6.55. The zero-order valence-electron chi connectivity index (χ0n) is 32.6. The zero-order chi connectivity index (χ0) is 38.3. The maximum atomic E-state index is 11.9. The van der Waals surface area contributed by atoms with E-state index in [1.807, 2.05) is 42.6 Å². The topological polar surface area (TPSA) is 59.2 Å². The van der Waals surface area contributed by atoms with Crippen molar-refractivity contribution in [3.8, 4) is 50.7 Å². The van der Waals surface area contributed by atoms with Gasteiger partial charge in [-0.3, -0.25) is 4.98 Å². The maximum Gasteiger partial charge on any atom is 0.230 e. The minimum Gasteiger partial charge on any atom is -0.507 e. The van der Waals surface area contributed by atoms with Crippen LogP contribution in [0.25, 0.3) is 56.1 Å². The van der Waals surface area contributed by atoms with Gasteiger partial charge in [-0.25, -0.2) is 4.98 Å². The van der Waals surface area contributed by atoms with E-state index in [-0.39, 0.29) is 43.6 Å². The number of hydrogen-bond donors (Lipinski definition) is 1. The van der Waals surface area contributed by atoms with Crippen molar-refractivity contribution in [3.05, 3.63) is 186 Å². The number of rotatable bonds is 8. The quantitative estimate of drug-likeness (QED) is 0.154. The first-order valence-electron chi connectivity index (χ1n) is 19.0. The number of oxazole rings is 1. The van der Waals surface area contributed by atoms with Crippen LogP contribution in [0.1, 0.15) is 75.3 Å². The Balaban J connectivity index is 0.00000480. The molecule has 8 aromatic rings. The summed E-state index contributed by atoms with van der Waals surface area (Å²) in [5, 5.41) is 11.9. The van der Waals surface area contributed by atoms with Crippen molar-refractivity contribution >= 4 is 11.1 Å². The number of aromatic nitrogens is 2. The predicted octanol–water partition coefficient (Wildman–Crippen LogP) is 13.2. The van der Waals surface area contributed by atoms with E-state index in [0.717, 1.165) is 50.2 Å². The molecule has 1 atom stereocenters. The van der Waals surface area contributed by atoms with Gasteiger partial charge in [0.25, 0.3) is 0 Å². The number of aromatic hydroxyl groups is 1. The summed E-state index contributed by atoms with van der Waals surface area (Å²) in [6.45, 7) is 13.1. The molecule has 0 spiro atoms. The molecule has 6 aromatic carbocycles. The Kier molecular flexibility index (Phi) is 10.7. The van der Waals surface area contributed by atoms with Crippen molar-refractivity contribution < 1.29 is 30.6 Å². The van der Waals surface area contributed by atoms with Crippen LogP contribution >= 0.6 is 0 Å². The first kappa shape index (κ1) is 38.7. The number of hydrogen-bond acceptors (Lipinski definition) is 4. The van der Waals surface area contributed by atoms with Gasteiger partial charge in [0, 0.05) is 49.9 Å². The molecule has 0 aliphatic rings. The van der Waals surface area contributed by atoms with E-state index in [2.05, 4.69) is 157 Å². The SMILES string of the molecule is CC(c1ccccc1)c1cc(-c2nc3c(-c4[c-]c(-c5cc(-c6ccccc6)ccn5)cc(C(C)(C)c5ccccc5)c4)cccc3o2)c(O)c(C(C)(C)C)c1.[Pt]. The fraction of sp³-hybridized carbons (Fsp3) is 0.176. The summed E-state index contributed by atoms with van der Waals surface area (Å²) in [4.78, 5) is 10.0. The van der Waals surface area contributed by atoms with Gasteiger partial charge in [-0.2, -0.15) is 0 Å². The smallest absolute Gasteiger partial charge is 0.230 e. The van der Waals surface area contributed by atoms with Crippen LogP contribution in [0.3, 0.4) is 0 Å². The van der Waals surface area contributed by atoms with Crippen LogP contribution in [0, 0.1) is 6.07 Å². The summed E-state index contributed by atoms with van der Waals surface area (Å²) in [6, 6.07) is 54.0. The Morgan fingerprint density at radius 2 is 1.29 bits per heavy atom. The number of phenolic OH excluding ortho intramolecular Hbond substituents is 1. The molecule has 1 unspecified atom stereocenters. The molecule has 2 heterocycles. The van der Waals surface area contributed by atoms with Crippen LogP contribution < -0.4 is 0 Å². The van der Waals surface area contributed by atoms with Gasteiger partial charge < -0.3 is 9.52 Å². The van der Waals surface area contributed by atoms with E-state index in [4.69, 9.17) is 14.4 Å². The summed E-state index contributed by atoms with van der Waals surface area (Å²) in [5.74, 6) is 0.666. The van der Waals surface area contributed by atoms with Gasteiger partial charge in [-0.15, -0.1) is 29.3 Å². The van der Waals surface area contributed by atoms with E-state index < -0.39 is 0 Å². The van der Waals surface area contributed by atoms with Gasteiger partial charge in [0.2, 0.25) is 5.89 Å². The number of para-hydroxylation sites is 1. The van der Waals surface area contributed by atoms with Crippen molar-refractivity contribution in [1.82, 2.24) is 9.97 Å². The third kappa shape index (κ3) is 7.51. The molecule has 0 aliphatic heterocycles. The van der Waals surface area contributed by atoms with E-state index in [1.165, 1.54) is 11.1 Å². The third-order valence-electron chi connectivity index (χ3n) is 10.9. The van der Waals surface area contributed by atoms with Crippen molar-refractivity contribution in [3.63, 3.8) is 0 Å². The average Bonchev–Trinajstić information content (AvgIpc) is 3.66. The summed E-state index contributed by atoms with van der Waals surface area (Å²) in [6.07, 6.45) is 1.87. The minimum atomic E-state index is -0.329. The van der Waals surface area contributed by atoms with Crippen LogP contribution in [0.4, 0.5) is 0 Å². The van der Waals surface area contributed by atoms with Gasteiger partial charge in [0.05, 0.1) is 11.1 Å². The molecule has 282 valence electrons. The summed E-state index contributed by atoms with van der Waals surface area (Å²) in [5.41, 5.74) is 12.5. The molecule has 56 heavy (non-hydrogen) atoms. The Bertz CT molecular complexity index is 2620. The average molecular weight is 913 g/mol. The normalized spacial score (nSPS) is 12.3. The molecule has 0 saturated heterocycles. The molecular formula is C51H45N2O2Pt-. The van der Waals surface area contributed by atoms with Gasteiger partial charge in [0.15, 0.2) is 0 Å². The number of pyridine rings is 1. The first-order valence-corrected chi connectivity index (χ1v) is 19.0. The molecule has 0 amide bonds. The zero-order valence-corrected chi connectivity index (χ0v) is 34.8. The molecule has 1 N–H and O–H groups in total. The second-order valence-corrected chi connectivity index (χ2v) is 16.0. The minimum absolute atomic E-state index is 0. The third-order valence-corrected chi connectivity index (χ3v) is 10.9. The molecule has 0 aliphatic carbocycles. The number of fused-ring (bicyclic) bond motifs is 1. The van der Waals surface area contributed by atoms with Gasteiger partial charge in [-0.1, -0.05) is 168 Å². The van der Waals surface area contributed by atoms with Crippen molar-refractivity contribution in [1.29, 1.82) is 0 Å². The van der Waals surface area contributed by atoms with Crippen molar-refractivity contribution in [2.45, 2.75) is 58.3 Å². The van der Waals surface area contributed by atoms with Gasteiger partial charge in [0.1, 0.15) is 11.3 Å². The molecule has 2 aromatic heterocycles. The van der Waals surface area contributed by atoms with Crippen LogP contribution in [0.15, 0.2) is 156 Å². The van der Waals surface area contributed by atoms with Crippen molar-refractivity contribution in [2.24, 2.45) is 0 Å². The fourth-order valence-corrected chi connectivity index (χ4v) is 7.48. The molecule has 0 bridgehead atoms.